The topological polar surface area (TPSA) is 132 Å². The number of esters is 3. The molecule has 46 heavy (non-hydrogen) atoms. The van der Waals surface area contributed by atoms with Gasteiger partial charge in [-0.15, -0.1) is 0 Å². The summed E-state index contributed by atoms with van der Waals surface area (Å²) in [6.07, 6.45) is 6.75. The lowest BCUT2D eigenvalue weighted by atomic mass is 9.54. The highest BCUT2D eigenvalue weighted by atomic mass is 16.6. The fourth-order valence-electron chi connectivity index (χ4n) is 12.4. The summed E-state index contributed by atoms with van der Waals surface area (Å²) in [6.45, 7) is 12.6. The normalized spacial score (nSPS) is 53.9. The molecule has 7 unspecified atom stereocenters. The third-order valence-electron chi connectivity index (χ3n) is 14.5. The smallest absolute Gasteiger partial charge is 0.313 e. The van der Waals surface area contributed by atoms with Gasteiger partial charge in [-0.05, 0) is 46.5 Å². The fourth-order valence-corrected chi connectivity index (χ4v) is 12.4. The second kappa shape index (κ2) is 9.89. The van der Waals surface area contributed by atoms with Crippen molar-refractivity contribution in [3.05, 3.63) is 23.8 Å². The summed E-state index contributed by atoms with van der Waals surface area (Å²) in [5.74, 6) is -2.76. The van der Waals surface area contributed by atoms with Gasteiger partial charge in [0.05, 0.1) is 41.7 Å². The number of ether oxygens (including phenoxy) is 4. The Morgan fingerprint density at radius 1 is 1.09 bits per heavy atom. The highest BCUT2D eigenvalue weighted by Gasteiger charge is 2.85. The molecule has 252 valence electrons. The largest absolute Gasteiger partial charge is 0.462 e. The molecule has 0 aromatic rings. The number of nitrogens with zero attached hydrogens (tertiary/aromatic N) is 1. The summed E-state index contributed by atoms with van der Waals surface area (Å²) in [6, 6.07) is 0. The van der Waals surface area contributed by atoms with E-state index in [1.807, 2.05) is 20.8 Å². The van der Waals surface area contributed by atoms with E-state index in [0.29, 0.717) is 45.4 Å². The fraction of sp³-hybridized carbons (Fsp3) is 0.806. The molecule has 8 aliphatic rings. The van der Waals surface area contributed by atoms with Gasteiger partial charge in [-0.25, -0.2) is 0 Å². The predicted octanol–water partition coefficient (Wildman–Crippen LogP) is 2.80. The maximum absolute atomic E-state index is 14.8. The standard InChI is InChI=1S/C36H49NO9/c1-19-6-7-23-25(19)28-26(24(44-20(2)38)16-33(23,4)41)36(31(40)46-28)18-35-11-10-32(36,3)29(35)27-21(8-9-34(35,5)42)22(30(39)45-27)17-37-12-14-43-15-13-37/h6,10-11,21-29,41-42H,7-9,12-18H2,1-5H3/t21?,22-,23?,24?,25?,26?,27?,28+,29?,32+,33+,34+,35-,36-/m0/s1. The Hall–Kier alpha value is -2.27. The minimum absolute atomic E-state index is 0.111. The predicted molar refractivity (Wildman–Crippen MR) is 164 cm³/mol. The molecule has 3 saturated heterocycles. The zero-order valence-corrected chi connectivity index (χ0v) is 27.7. The van der Waals surface area contributed by atoms with E-state index in [1.54, 1.807) is 0 Å². The van der Waals surface area contributed by atoms with Gasteiger partial charge in [0.25, 0.3) is 0 Å². The van der Waals surface area contributed by atoms with Gasteiger partial charge >= 0.3 is 17.9 Å². The Bertz CT molecular complexity index is 1410. The molecule has 8 rings (SSSR count). The number of carbonyl (C=O) groups excluding carboxylic acids is 3. The van der Waals surface area contributed by atoms with Crippen molar-refractivity contribution in [3.8, 4) is 0 Å². The molecule has 3 aliphatic heterocycles. The lowest BCUT2D eigenvalue weighted by molar-refractivity contribution is -0.165. The molecule has 3 heterocycles. The SMILES string of the molecule is CC(=O)OC1C[C@@](C)(O)C2CC=C(C)C2[C@H]2OC(=O)[C@]3(C[C@@]45C=C[C@]3(C)C4C3OC(=O)[C@@H](CN4CCOCC4)C3CC[C@@]5(C)O)C12. The van der Waals surface area contributed by atoms with Gasteiger partial charge < -0.3 is 29.2 Å². The van der Waals surface area contributed by atoms with Crippen molar-refractivity contribution in [2.24, 2.45) is 51.8 Å². The third kappa shape index (κ3) is 3.81. The van der Waals surface area contributed by atoms with Crippen molar-refractivity contribution < 1.29 is 43.5 Å². The maximum atomic E-state index is 14.8. The Kier molecular flexibility index (Phi) is 6.67. The van der Waals surface area contributed by atoms with Crippen molar-refractivity contribution in [2.45, 2.75) is 96.2 Å². The van der Waals surface area contributed by atoms with Gasteiger partial charge in [0.15, 0.2) is 0 Å². The van der Waals surface area contributed by atoms with Crippen LogP contribution in [0.2, 0.25) is 0 Å². The Balaban J connectivity index is 1.26. The van der Waals surface area contributed by atoms with Crippen LogP contribution in [0, 0.1) is 51.8 Å². The molecule has 6 fully saturated rings. The van der Waals surface area contributed by atoms with Gasteiger partial charge in [0, 0.05) is 67.5 Å². The minimum atomic E-state index is -1.19. The van der Waals surface area contributed by atoms with E-state index in [9.17, 15) is 24.6 Å². The van der Waals surface area contributed by atoms with Gasteiger partial charge in [0.2, 0.25) is 0 Å². The first-order chi connectivity index (χ1) is 21.7. The van der Waals surface area contributed by atoms with Crippen molar-refractivity contribution in [1.29, 1.82) is 0 Å². The van der Waals surface area contributed by atoms with Gasteiger partial charge in [-0.1, -0.05) is 30.7 Å². The number of fused-ring (bicyclic) bond motifs is 6. The Morgan fingerprint density at radius 2 is 1.83 bits per heavy atom. The van der Waals surface area contributed by atoms with E-state index in [4.69, 9.17) is 18.9 Å². The van der Waals surface area contributed by atoms with Crippen molar-refractivity contribution in [2.75, 3.05) is 32.8 Å². The summed E-state index contributed by atoms with van der Waals surface area (Å²) >= 11 is 0. The zero-order chi connectivity index (χ0) is 32.6. The van der Waals surface area contributed by atoms with Gasteiger partial charge in [-0.3, -0.25) is 19.3 Å². The first-order valence-electron chi connectivity index (χ1n) is 17.4. The monoisotopic (exact) mass is 639 g/mol. The Morgan fingerprint density at radius 3 is 2.54 bits per heavy atom. The van der Waals surface area contributed by atoms with Crippen LogP contribution in [0.3, 0.4) is 0 Å². The molecule has 0 aromatic carbocycles. The van der Waals surface area contributed by atoms with Crippen molar-refractivity contribution in [3.63, 3.8) is 0 Å². The summed E-state index contributed by atoms with van der Waals surface area (Å²) < 4.78 is 24.6. The first-order valence-corrected chi connectivity index (χ1v) is 17.4. The van der Waals surface area contributed by atoms with Crippen LogP contribution in [0.4, 0.5) is 0 Å². The van der Waals surface area contributed by atoms with Crippen LogP contribution in [0.5, 0.6) is 0 Å². The van der Waals surface area contributed by atoms with Crippen LogP contribution in [-0.2, 0) is 33.3 Å². The van der Waals surface area contributed by atoms with Crippen molar-refractivity contribution >= 4 is 17.9 Å². The molecule has 10 nitrogen and oxygen atoms in total. The molecule has 14 atom stereocenters. The number of rotatable bonds is 3. The van der Waals surface area contributed by atoms with E-state index in [-0.39, 0.29) is 47.9 Å². The minimum Gasteiger partial charge on any atom is -0.462 e. The van der Waals surface area contributed by atoms with Crippen molar-refractivity contribution in [1.82, 2.24) is 4.90 Å². The first kappa shape index (κ1) is 31.0. The molecule has 10 heteroatoms. The molecular formula is C36H49NO9. The number of hydrogen-bond donors (Lipinski definition) is 2. The molecular weight excluding hydrogens is 590 g/mol. The number of allylic oxidation sites excluding steroid dienone is 2. The molecule has 5 aliphatic carbocycles. The van der Waals surface area contributed by atoms with Crippen LogP contribution in [0.1, 0.15) is 66.7 Å². The van der Waals surface area contributed by atoms with Crippen LogP contribution >= 0.6 is 0 Å². The van der Waals surface area contributed by atoms with Gasteiger partial charge in [0.1, 0.15) is 18.3 Å². The summed E-state index contributed by atoms with van der Waals surface area (Å²) in [5.41, 5.74) is -4.16. The van der Waals surface area contributed by atoms with Crippen LogP contribution in [-0.4, -0.2) is 95.4 Å². The lowest BCUT2D eigenvalue weighted by Gasteiger charge is -2.46. The molecule has 1 spiro atoms. The second-order valence-corrected chi connectivity index (χ2v) is 16.6. The van der Waals surface area contributed by atoms with Crippen LogP contribution in [0.15, 0.2) is 23.8 Å². The number of carbonyl (C=O) groups is 3. The molecule has 0 radical (unpaired) electrons. The number of hydrogen-bond acceptors (Lipinski definition) is 10. The van der Waals surface area contributed by atoms with E-state index >= 15 is 0 Å². The maximum Gasteiger partial charge on any atom is 0.313 e. The average Bonchev–Trinajstić information content (AvgIpc) is 3.70. The van der Waals surface area contributed by atoms with E-state index in [1.165, 1.54) is 6.92 Å². The number of morpholine rings is 1. The summed E-state index contributed by atoms with van der Waals surface area (Å²) in [4.78, 5) is 43.5. The highest BCUT2D eigenvalue weighted by Crippen LogP contribution is 2.80. The van der Waals surface area contributed by atoms with E-state index in [2.05, 4.69) is 30.1 Å². The van der Waals surface area contributed by atoms with Crippen LogP contribution in [0.25, 0.3) is 0 Å². The zero-order valence-electron chi connectivity index (χ0n) is 27.7. The third-order valence-corrected chi connectivity index (χ3v) is 14.5. The van der Waals surface area contributed by atoms with Crippen LogP contribution < -0.4 is 0 Å². The highest BCUT2D eigenvalue weighted by molar-refractivity contribution is 5.84. The number of aliphatic hydroxyl groups is 2. The summed E-state index contributed by atoms with van der Waals surface area (Å²) in [7, 11) is 0. The van der Waals surface area contributed by atoms with E-state index in [0.717, 1.165) is 18.7 Å². The second-order valence-electron chi connectivity index (χ2n) is 16.6. The van der Waals surface area contributed by atoms with E-state index < -0.39 is 57.6 Å². The quantitative estimate of drug-likeness (QED) is 0.270. The average molecular weight is 640 g/mol. The molecule has 3 saturated carbocycles. The molecule has 2 N–H and O–H groups in total. The Labute approximate surface area is 270 Å². The molecule has 0 amide bonds. The summed E-state index contributed by atoms with van der Waals surface area (Å²) in [5, 5.41) is 24.4. The molecule has 0 aromatic heterocycles. The lowest BCUT2D eigenvalue weighted by Crippen LogP contribution is -2.53. The van der Waals surface area contributed by atoms with Gasteiger partial charge in [-0.2, -0.15) is 0 Å². The molecule has 2 bridgehead atoms.